The van der Waals surface area contributed by atoms with E-state index in [-0.39, 0.29) is 11.9 Å². The molecule has 0 radical (unpaired) electrons. The lowest BCUT2D eigenvalue weighted by Gasteiger charge is -2.23. The van der Waals surface area contributed by atoms with E-state index in [9.17, 15) is 4.79 Å². The molecule has 1 aliphatic rings. The van der Waals surface area contributed by atoms with Gasteiger partial charge in [0, 0.05) is 19.0 Å². The lowest BCUT2D eigenvalue weighted by molar-refractivity contribution is 0.0620. The number of fused-ring (bicyclic) bond motifs is 1. The molecule has 2 aromatic rings. The van der Waals surface area contributed by atoms with Crippen LogP contribution in [0.25, 0.3) is 10.9 Å². The summed E-state index contributed by atoms with van der Waals surface area (Å²) in [4.78, 5) is 12.6. The summed E-state index contributed by atoms with van der Waals surface area (Å²) in [7, 11) is 5.09. The van der Waals surface area contributed by atoms with Gasteiger partial charge in [-0.05, 0) is 31.0 Å². The third-order valence-electron chi connectivity index (χ3n) is 4.29. The fraction of sp³-hybridized carbons (Fsp3) is 0.471. The van der Waals surface area contributed by atoms with Crippen LogP contribution >= 0.6 is 0 Å². The molecule has 0 bridgehead atoms. The van der Waals surface area contributed by atoms with Crippen LogP contribution in [0.5, 0.6) is 11.5 Å². The summed E-state index contributed by atoms with van der Waals surface area (Å²) in [5, 5.41) is 3.91. The van der Waals surface area contributed by atoms with Crippen molar-refractivity contribution in [3.63, 3.8) is 0 Å². The Bertz CT molecular complexity index is 717. The number of aromatic nitrogens is 1. The van der Waals surface area contributed by atoms with Gasteiger partial charge in [0.15, 0.2) is 0 Å². The summed E-state index contributed by atoms with van der Waals surface area (Å²) in [5.41, 5.74) is 1.42. The van der Waals surface area contributed by atoms with Gasteiger partial charge >= 0.3 is 0 Å². The van der Waals surface area contributed by atoms with Crippen molar-refractivity contribution in [2.24, 2.45) is 7.05 Å². The van der Waals surface area contributed by atoms with Crippen LogP contribution in [0.3, 0.4) is 0 Å². The Labute approximate surface area is 135 Å². The molecule has 0 spiro atoms. The van der Waals surface area contributed by atoms with Crippen LogP contribution in [0, 0.1) is 0 Å². The molecule has 1 saturated heterocycles. The summed E-state index contributed by atoms with van der Waals surface area (Å²) < 4.78 is 18.1. The summed E-state index contributed by atoms with van der Waals surface area (Å²) in [6.07, 6.45) is 1.92. The Balaban J connectivity index is 1.97. The molecule has 0 saturated carbocycles. The van der Waals surface area contributed by atoms with Gasteiger partial charge < -0.3 is 24.1 Å². The molecule has 6 heteroatoms. The highest BCUT2D eigenvalue weighted by molar-refractivity contribution is 6.02. The van der Waals surface area contributed by atoms with E-state index >= 15 is 0 Å². The van der Waals surface area contributed by atoms with Gasteiger partial charge in [0.2, 0.25) is 0 Å². The van der Waals surface area contributed by atoms with E-state index in [2.05, 4.69) is 5.32 Å². The maximum Gasteiger partial charge on any atom is 0.268 e. The van der Waals surface area contributed by atoms with Crippen molar-refractivity contribution >= 4 is 16.8 Å². The average Bonchev–Trinajstić information content (AvgIpc) is 2.93. The zero-order valence-corrected chi connectivity index (χ0v) is 13.7. The normalized spacial score (nSPS) is 18.0. The smallest absolute Gasteiger partial charge is 0.268 e. The van der Waals surface area contributed by atoms with Crippen molar-refractivity contribution in [2.75, 3.05) is 27.4 Å². The number of nitrogens with one attached hydrogen (secondary N) is 1. The molecular formula is C17H22N2O4. The molecule has 1 aromatic carbocycles. The van der Waals surface area contributed by atoms with Crippen LogP contribution in [0.2, 0.25) is 0 Å². The molecule has 1 amide bonds. The van der Waals surface area contributed by atoms with E-state index in [1.54, 1.807) is 14.2 Å². The first-order chi connectivity index (χ1) is 11.2. The van der Waals surface area contributed by atoms with Gasteiger partial charge in [-0.15, -0.1) is 0 Å². The standard InChI is InChI=1S/C17H22N2O4/c1-19-13(17(20)18-11-5-4-8-23-10-11)9-12-14(21-2)6-7-15(22-3)16(12)19/h6-7,9,11H,4-5,8,10H2,1-3H3,(H,18,20)/t11-/m0/s1. The SMILES string of the molecule is COc1ccc(OC)c2c1cc(C(=O)N[C@H]1CCCOC1)n2C. The summed E-state index contributed by atoms with van der Waals surface area (Å²) >= 11 is 0. The Morgan fingerprint density at radius 3 is 2.70 bits per heavy atom. The van der Waals surface area contributed by atoms with Crippen LogP contribution in [0.1, 0.15) is 23.3 Å². The molecule has 0 aliphatic carbocycles. The fourth-order valence-electron chi connectivity index (χ4n) is 3.08. The minimum Gasteiger partial charge on any atom is -0.496 e. The Hall–Kier alpha value is -2.21. The Kier molecular flexibility index (Phi) is 4.43. The second kappa shape index (κ2) is 6.50. The molecule has 1 aromatic heterocycles. The van der Waals surface area contributed by atoms with Gasteiger partial charge in [0.25, 0.3) is 5.91 Å². The van der Waals surface area contributed by atoms with E-state index in [4.69, 9.17) is 14.2 Å². The average molecular weight is 318 g/mol. The van der Waals surface area contributed by atoms with Crippen molar-refractivity contribution in [1.82, 2.24) is 9.88 Å². The first-order valence-corrected chi connectivity index (χ1v) is 7.74. The molecule has 1 aliphatic heterocycles. The molecule has 1 atom stereocenters. The summed E-state index contributed by atoms with van der Waals surface area (Å²) in [6, 6.07) is 5.60. The molecular weight excluding hydrogens is 296 g/mol. The first kappa shape index (κ1) is 15.7. The van der Waals surface area contributed by atoms with Crippen LogP contribution in [0.4, 0.5) is 0 Å². The number of benzene rings is 1. The van der Waals surface area contributed by atoms with Gasteiger partial charge in [0.05, 0.1) is 32.4 Å². The van der Waals surface area contributed by atoms with Crippen molar-refractivity contribution < 1.29 is 19.0 Å². The predicted octanol–water partition coefficient (Wildman–Crippen LogP) is 2.10. The number of rotatable bonds is 4. The minimum absolute atomic E-state index is 0.0676. The number of amides is 1. The van der Waals surface area contributed by atoms with E-state index in [1.165, 1.54) is 0 Å². The quantitative estimate of drug-likeness (QED) is 0.938. The Morgan fingerprint density at radius 1 is 1.30 bits per heavy atom. The highest BCUT2D eigenvalue weighted by Crippen LogP contribution is 2.35. The van der Waals surface area contributed by atoms with Crippen LogP contribution in [-0.2, 0) is 11.8 Å². The maximum atomic E-state index is 12.6. The number of nitrogens with zero attached hydrogens (tertiary/aromatic N) is 1. The van der Waals surface area contributed by atoms with Crippen molar-refractivity contribution in [3.8, 4) is 11.5 Å². The molecule has 1 fully saturated rings. The zero-order valence-electron chi connectivity index (χ0n) is 13.7. The summed E-state index contributed by atoms with van der Waals surface area (Å²) in [5.74, 6) is 1.32. The van der Waals surface area contributed by atoms with Gasteiger partial charge in [0.1, 0.15) is 17.2 Å². The van der Waals surface area contributed by atoms with E-state index in [1.807, 2.05) is 29.8 Å². The monoisotopic (exact) mass is 318 g/mol. The number of ether oxygens (including phenoxy) is 3. The van der Waals surface area contributed by atoms with Gasteiger partial charge in [-0.25, -0.2) is 0 Å². The molecule has 23 heavy (non-hydrogen) atoms. The van der Waals surface area contributed by atoms with E-state index < -0.39 is 0 Å². The molecule has 2 heterocycles. The van der Waals surface area contributed by atoms with E-state index in [0.29, 0.717) is 18.1 Å². The lowest BCUT2D eigenvalue weighted by Crippen LogP contribution is -2.41. The highest BCUT2D eigenvalue weighted by Gasteiger charge is 2.22. The number of carbonyl (C=O) groups excluding carboxylic acids is 1. The number of aryl methyl sites for hydroxylation is 1. The highest BCUT2D eigenvalue weighted by atomic mass is 16.5. The second-order valence-corrected chi connectivity index (χ2v) is 5.71. The van der Waals surface area contributed by atoms with Gasteiger partial charge in [-0.2, -0.15) is 0 Å². The lowest BCUT2D eigenvalue weighted by atomic mass is 10.1. The number of carbonyl (C=O) groups is 1. The third kappa shape index (κ3) is 2.86. The van der Waals surface area contributed by atoms with Crippen LogP contribution < -0.4 is 14.8 Å². The van der Waals surface area contributed by atoms with Crippen molar-refractivity contribution in [1.29, 1.82) is 0 Å². The van der Waals surface area contributed by atoms with E-state index in [0.717, 1.165) is 36.1 Å². The predicted molar refractivity (Wildman–Crippen MR) is 87.3 cm³/mol. The molecule has 124 valence electrons. The first-order valence-electron chi connectivity index (χ1n) is 7.74. The Morgan fingerprint density at radius 2 is 2.04 bits per heavy atom. The maximum absolute atomic E-state index is 12.6. The number of methoxy groups -OCH3 is 2. The van der Waals surface area contributed by atoms with Gasteiger partial charge in [-0.1, -0.05) is 0 Å². The van der Waals surface area contributed by atoms with Gasteiger partial charge in [-0.3, -0.25) is 4.79 Å². The zero-order chi connectivity index (χ0) is 16.4. The largest absolute Gasteiger partial charge is 0.496 e. The van der Waals surface area contributed by atoms with Crippen LogP contribution in [0.15, 0.2) is 18.2 Å². The van der Waals surface area contributed by atoms with Crippen molar-refractivity contribution in [3.05, 3.63) is 23.9 Å². The molecule has 1 N–H and O–H groups in total. The third-order valence-corrected chi connectivity index (χ3v) is 4.29. The molecule has 3 rings (SSSR count). The minimum atomic E-state index is -0.108. The fourth-order valence-corrected chi connectivity index (χ4v) is 3.08. The number of hydrogen-bond donors (Lipinski definition) is 1. The summed E-state index contributed by atoms with van der Waals surface area (Å²) in [6.45, 7) is 1.34. The second-order valence-electron chi connectivity index (χ2n) is 5.71. The topological polar surface area (TPSA) is 61.7 Å². The molecule has 0 unspecified atom stereocenters. The van der Waals surface area contributed by atoms with Crippen LogP contribution in [-0.4, -0.2) is 43.9 Å². The molecule has 6 nitrogen and oxygen atoms in total. The number of hydrogen-bond acceptors (Lipinski definition) is 4. The van der Waals surface area contributed by atoms with Crippen molar-refractivity contribution in [2.45, 2.75) is 18.9 Å².